The summed E-state index contributed by atoms with van der Waals surface area (Å²) in [6.07, 6.45) is 2.90. The first-order chi connectivity index (χ1) is 9.33. The van der Waals surface area contributed by atoms with Gasteiger partial charge in [-0.3, -0.25) is 0 Å². The summed E-state index contributed by atoms with van der Waals surface area (Å²) in [6.45, 7) is 10.1. The number of nitrogens with zero attached hydrogens (tertiary/aromatic N) is 6. The van der Waals surface area contributed by atoms with Crippen molar-refractivity contribution in [3.63, 3.8) is 0 Å². The average molecular weight is 315 g/mol. The van der Waals surface area contributed by atoms with Crippen LogP contribution in [0.4, 0.5) is 0 Å². The lowest BCUT2D eigenvalue weighted by Crippen LogP contribution is -2.44. The fraction of sp³-hybridized carbons (Fsp3) is 1.00. The van der Waals surface area contributed by atoms with Crippen molar-refractivity contribution < 1.29 is 4.12 Å². The van der Waals surface area contributed by atoms with Gasteiger partial charge in [0.2, 0.25) is 0 Å². The number of hydrogen-bond donors (Lipinski definition) is 0. The van der Waals surface area contributed by atoms with Crippen molar-refractivity contribution in [1.82, 2.24) is 0 Å². The zero-order valence-corrected chi connectivity index (χ0v) is 15.0. The minimum Gasteiger partial charge on any atom is -0.455 e. The van der Waals surface area contributed by atoms with E-state index in [0.717, 1.165) is 31.4 Å². The second-order valence-electron chi connectivity index (χ2n) is 6.09. The SMILES string of the molecule is C[Si](C)(CCCCN=[N+]=[N-])O[Si](C)(C)CCCN=[N+]=[N-]. The second-order valence-corrected chi connectivity index (χ2v) is 14.9. The van der Waals surface area contributed by atoms with Crippen molar-refractivity contribution in [2.24, 2.45) is 10.2 Å². The molecule has 0 aromatic heterocycles. The minimum absolute atomic E-state index is 0.560. The van der Waals surface area contributed by atoms with E-state index in [4.69, 9.17) is 15.2 Å². The van der Waals surface area contributed by atoms with E-state index in [9.17, 15) is 0 Å². The first-order valence-corrected chi connectivity index (χ1v) is 13.3. The lowest BCUT2D eigenvalue weighted by molar-refractivity contribution is 0.529. The smallest absolute Gasteiger partial charge is 0.173 e. The first kappa shape index (κ1) is 19.0. The molecule has 0 unspecified atom stereocenters. The van der Waals surface area contributed by atoms with Gasteiger partial charge in [0, 0.05) is 22.9 Å². The number of rotatable bonds is 11. The minimum atomic E-state index is -1.67. The van der Waals surface area contributed by atoms with Crippen LogP contribution in [0.2, 0.25) is 38.3 Å². The molecule has 9 heteroatoms. The van der Waals surface area contributed by atoms with Crippen molar-refractivity contribution in [3.05, 3.63) is 20.9 Å². The summed E-state index contributed by atoms with van der Waals surface area (Å²) in [5.41, 5.74) is 16.5. The third-order valence-electron chi connectivity index (χ3n) is 3.00. The quantitative estimate of drug-likeness (QED) is 0.169. The van der Waals surface area contributed by atoms with E-state index in [0.29, 0.717) is 13.1 Å². The summed E-state index contributed by atoms with van der Waals surface area (Å²) in [5.74, 6) is 0. The predicted molar refractivity (Wildman–Crippen MR) is 87.5 cm³/mol. The van der Waals surface area contributed by atoms with Crippen molar-refractivity contribution in [3.8, 4) is 0 Å². The molecule has 0 amide bonds. The van der Waals surface area contributed by atoms with Crippen molar-refractivity contribution in [2.75, 3.05) is 13.1 Å². The zero-order chi connectivity index (χ0) is 15.5. The molecule has 0 N–H and O–H groups in total. The Bertz CT molecular complexity index is 375. The Morgan fingerprint density at radius 3 is 1.75 bits per heavy atom. The Labute approximate surface area is 123 Å². The molecule has 114 valence electrons. The maximum atomic E-state index is 8.26. The fourth-order valence-electron chi connectivity index (χ4n) is 2.25. The van der Waals surface area contributed by atoms with Crippen molar-refractivity contribution in [2.45, 2.75) is 57.5 Å². The van der Waals surface area contributed by atoms with Crippen LogP contribution < -0.4 is 0 Å². The van der Waals surface area contributed by atoms with Gasteiger partial charge in [0.25, 0.3) is 0 Å². The third kappa shape index (κ3) is 10.9. The average Bonchev–Trinajstić information content (AvgIpc) is 2.33. The highest BCUT2D eigenvalue weighted by Gasteiger charge is 2.31. The van der Waals surface area contributed by atoms with E-state index in [1.54, 1.807) is 0 Å². The summed E-state index contributed by atoms with van der Waals surface area (Å²) in [5, 5.41) is 7.12. The highest BCUT2D eigenvalue weighted by atomic mass is 28.4. The lowest BCUT2D eigenvalue weighted by Gasteiger charge is -2.34. The van der Waals surface area contributed by atoms with E-state index < -0.39 is 16.6 Å². The summed E-state index contributed by atoms with van der Waals surface area (Å²) in [4.78, 5) is 5.52. The molecule has 0 aromatic rings. The van der Waals surface area contributed by atoms with Crippen LogP contribution in [0.5, 0.6) is 0 Å². The van der Waals surface area contributed by atoms with Gasteiger partial charge in [0.05, 0.1) is 0 Å². The molecule has 0 rings (SSSR count). The molecule has 0 saturated heterocycles. The zero-order valence-electron chi connectivity index (χ0n) is 13.0. The largest absolute Gasteiger partial charge is 0.455 e. The molecule has 0 aliphatic heterocycles. The molecule has 0 atom stereocenters. The number of unbranched alkanes of at least 4 members (excludes halogenated alkanes) is 1. The van der Waals surface area contributed by atoms with Crippen LogP contribution in [-0.2, 0) is 4.12 Å². The Morgan fingerprint density at radius 2 is 1.25 bits per heavy atom. The van der Waals surface area contributed by atoms with Crippen LogP contribution in [0.25, 0.3) is 20.9 Å². The van der Waals surface area contributed by atoms with Gasteiger partial charge in [0.15, 0.2) is 16.6 Å². The second kappa shape index (κ2) is 9.85. The molecular formula is C11H26N6OSi2. The van der Waals surface area contributed by atoms with E-state index >= 15 is 0 Å². The van der Waals surface area contributed by atoms with Crippen LogP contribution in [0, 0.1) is 0 Å². The van der Waals surface area contributed by atoms with Crippen LogP contribution in [0.3, 0.4) is 0 Å². The molecular weight excluding hydrogens is 288 g/mol. The van der Waals surface area contributed by atoms with Crippen LogP contribution >= 0.6 is 0 Å². The van der Waals surface area contributed by atoms with E-state index in [1.165, 1.54) is 0 Å². The molecule has 0 saturated carbocycles. The summed E-state index contributed by atoms with van der Waals surface area (Å²) in [7, 11) is -3.31. The lowest BCUT2D eigenvalue weighted by atomic mass is 10.3. The number of hydrogen-bond acceptors (Lipinski definition) is 3. The van der Waals surface area contributed by atoms with Crippen molar-refractivity contribution in [1.29, 1.82) is 0 Å². The van der Waals surface area contributed by atoms with Crippen LogP contribution in [0.15, 0.2) is 10.2 Å². The molecule has 0 aromatic carbocycles. The van der Waals surface area contributed by atoms with E-state index in [-0.39, 0.29) is 0 Å². The van der Waals surface area contributed by atoms with Crippen LogP contribution in [-0.4, -0.2) is 29.7 Å². The van der Waals surface area contributed by atoms with Gasteiger partial charge in [-0.25, -0.2) is 0 Å². The molecule has 0 fully saturated rings. The molecule has 0 bridgehead atoms. The van der Waals surface area contributed by atoms with Gasteiger partial charge >= 0.3 is 0 Å². The van der Waals surface area contributed by atoms with Gasteiger partial charge in [-0.15, -0.1) is 0 Å². The van der Waals surface area contributed by atoms with Gasteiger partial charge in [-0.1, -0.05) is 16.6 Å². The third-order valence-corrected chi connectivity index (χ3v) is 10.5. The summed E-state index contributed by atoms with van der Waals surface area (Å²) < 4.78 is 6.45. The summed E-state index contributed by atoms with van der Waals surface area (Å²) >= 11 is 0. The Hall–Kier alpha value is -0.986. The van der Waals surface area contributed by atoms with Gasteiger partial charge in [-0.05, 0) is 62.2 Å². The highest BCUT2D eigenvalue weighted by Crippen LogP contribution is 2.24. The van der Waals surface area contributed by atoms with Gasteiger partial charge in [-0.2, -0.15) is 0 Å². The van der Waals surface area contributed by atoms with Gasteiger partial charge in [0.1, 0.15) is 0 Å². The van der Waals surface area contributed by atoms with Gasteiger partial charge < -0.3 is 4.12 Å². The van der Waals surface area contributed by atoms with E-state index in [1.807, 2.05) is 0 Å². The predicted octanol–water partition coefficient (Wildman–Crippen LogP) is 5.20. The maximum absolute atomic E-state index is 8.26. The number of azide groups is 2. The molecule has 7 nitrogen and oxygen atoms in total. The Kier molecular flexibility index (Phi) is 9.36. The normalized spacial score (nSPS) is 11.6. The summed E-state index contributed by atoms with van der Waals surface area (Å²) in [6, 6.07) is 2.13. The Morgan fingerprint density at radius 1 is 0.800 bits per heavy atom. The molecule has 20 heavy (non-hydrogen) atoms. The molecule has 0 aliphatic rings. The standard InChI is InChI=1S/C11H26N6OSi2/c1-19(2,10-6-5-8-14-16-12)18-20(3,4)11-7-9-15-17-13/h5-11H2,1-4H3. The Balaban J connectivity index is 4.06. The highest BCUT2D eigenvalue weighted by molar-refractivity contribution is 6.84. The molecule has 0 spiro atoms. The first-order valence-electron chi connectivity index (χ1n) is 7.05. The van der Waals surface area contributed by atoms with Crippen LogP contribution in [0.1, 0.15) is 19.3 Å². The molecule has 0 heterocycles. The fourth-order valence-corrected chi connectivity index (χ4v) is 11.2. The monoisotopic (exact) mass is 314 g/mol. The molecule has 0 radical (unpaired) electrons. The maximum Gasteiger partial charge on any atom is 0.173 e. The van der Waals surface area contributed by atoms with E-state index in [2.05, 4.69) is 46.2 Å². The van der Waals surface area contributed by atoms with Crippen molar-refractivity contribution >= 4 is 16.6 Å². The topological polar surface area (TPSA) is 107 Å². The molecule has 0 aliphatic carbocycles.